The fourth-order valence-electron chi connectivity index (χ4n) is 4.05. The van der Waals surface area contributed by atoms with Crippen molar-refractivity contribution in [3.8, 4) is 17.3 Å². The lowest BCUT2D eigenvalue weighted by molar-refractivity contribution is 0.0455. The molecule has 1 fully saturated rings. The van der Waals surface area contributed by atoms with Gasteiger partial charge in [0.2, 0.25) is 5.88 Å². The highest BCUT2D eigenvalue weighted by Gasteiger charge is 2.35. The van der Waals surface area contributed by atoms with E-state index in [9.17, 15) is 14.0 Å². The predicted octanol–water partition coefficient (Wildman–Crippen LogP) is 3.22. The fraction of sp³-hybridized carbons (Fsp3) is 0.320. The standard InChI is InChI=1S/C25H25FN6O3/c1-15(2)18-5-3-16(4-6-18)14-35-20-9-21(33)32-24(29-20)22(25(34)31-12-17(10-26)13-31)23(30-32)19-11-27-7-8-28-19/h3-9,11,15,17,30H,10,12-14H2,1-2H3. The number of nitrogens with one attached hydrogen (secondary N) is 1. The van der Waals surface area contributed by atoms with Gasteiger partial charge in [-0.3, -0.25) is 29.0 Å². The summed E-state index contributed by atoms with van der Waals surface area (Å²) in [5.41, 5.74) is 2.71. The number of amides is 1. The zero-order chi connectivity index (χ0) is 24.5. The molecule has 0 saturated carbocycles. The van der Waals surface area contributed by atoms with Crippen molar-refractivity contribution in [2.24, 2.45) is 5.92 Å². The zero-order valence-electron chi connectivity index (χ0n) is 19.4. The minimum absolute atomic E-state index is 0.104. The summed E-state index contributed by atoms with van der Waals surface area (Å²) in [6.45, 7) is 4.60. The molecule has 9 nitrogen and oxygen atoms in total. The summed E-state index contributed by atoms with van der Waals surface area (Å²) in [6, 6.07) is 9.31. The van der Waals surface area contributed by atoms with Gasteiger partial charge in [-0.2, -0.15) is 9.50 Å². The van der Waals surface area contributed by atoms with Crippen LogP contribution in [0.2, 0.25) is 0 Å². The quantitative estimate of drug-likeness (QED) is 0.439. The second-order valence-electron chi connectivity index (χ2n) is 8.96. The lowest BCUT2D eigenvalue weighted by Gasteiger charge is -2.37. The molecule has 10 heteroatoms. The lowest BCUT2D eigenvalue weighted by atomic mass is 10.00. The van der Waals surface area contributed by atoms with Crippen LogP contribution in [-0.4, -0.2) is 55.1 Å². The minimum Gasteiger partial charge on any atom is -0.473 e. The molecule has 1 saturated heterocycles. The number of benzene rings is 1. The number of rotatable bonds is 7. The molecule has 0 bridgehead atoms. The van der Waals surface area contributed by atoms with Gasteiger partial charge < -0.3 is 9.64 Å². The third-order valence-corrected chi connectivity index (χ3v) is 6.12. The van der Waals surface area contributed by atoms with Gasteiger partial charge in [0.25, 0.3) is 11.5 Å². The summed E-state index contributed by atoms with van der Waals surface area (Å²) >= 11 is 0. The summed E-state index contributed by atoms with van der Waals surface area (Å²) in [6.07, 6.45) is 4.50. The summed E-state index contributed by atoms with van der Waals surface area (Å²) < 4.78 is 20.0. The molecule has 0 atom stereocenters. The lowest BCUT2D eigenvalue weighted by Crippen LogP contribution is -2.50. The normalized spacial score (nSPS) is 13.9. The van der Waals surface area contributed by atoms with E-state index in [1.807, 2.05) is 24.3 Å². The van der Waals surface area contributed by atoms with Crippen LogP contribution in [0.1, 0.15) is 41.3 Å². The molecular weight excluding hydrogens is 451 g/mol. The summed E-state index contributed by atoms with van der Waals surface area (Å²) in [4.78, 5) is 40.6. The SMILES string of the molecule is CC(C)c1ccc(COc2cc(=O)n3[nH]c(-c4cnccn4)c(C(=O)N4CC(CF)C4)c3n2)cc1. The van der Waals surface area contributed by atoms with Gasteiger partial charge >= 0.3 is 0 Å². The van der Waals surface area contributed by atoms with E-state index in [1.54, 1.807) is 0 Å². The van der Waals surface area contributed by atoms with Crippen LogP contribution in [0.3, 0.4) is 0 Å². The molecule has 35 heavy (non-hydrogen) atoms. The monoisotopic (exact) mass is 476 g/mol. The molecule has 1 aromatic carbocycles. The van der Waals surface area contributed by atoms with E-state index >= 15 is 0 Å². The molecule has 0 spiro atoms. The first-order chi connectivity index (χ1) is 16.9. The Balaban J connectivity index is 1.51. The molecule has 5 rings (SSSR count). The Morgan fingerprint density at radius 2 is 2.00 bits per heavy atom. The van der Waals surface area contributed by atoms with Crippen molar-refractivity contribution in [1.29, 1.82) is 0 Å². The van der Waals surface area contributed by atoms with Crippen LogP contribution in [-0.2, 0) is 6.61 Å². The topological polar surface area (TPSA) is 105 Å². The van der Waals surface area contributed by atoms with Crippen molar-refractivity contribution in [2.45, 2.75) is 26.4 Å². The van der Waals surface area contributed by atoms with Crippen LogP contribution in [0.4, 0.5) is 4.39 Å². The maximum absolute atomic E-state index is 13.4. The van der Waals surface area contributed by atoms with E-state index in [0.717, 1.165) is 5.56 Å². The third kappa shape index (κ3) is 4.39. The van der Waals surface area contributed by atoms with Gasteiger partial charge in [0, 0.05) is 31.4 Å². The number of H-pyrrole nitrogens is 1. The van der Waals surface area contributed by atoms with Gasteiger partial charge in [-0.05, 0) is 17.0 Å². The van der Waals surface area contributed by atoms with Gasteiger partial charge in [0.05, 0.1) is 24.6 Å². The number of alkyl halides is 1. The maximum atomic E-state index is 13.4. The van der Waals surface area contributed by atoms with E-state index in [4.69, 9.17) is 4.74 Å². The van der Waals surface area contributed by atoms with Crippen molar-refractivity contribution in [2.75, 3.05) is 19.8 Å². The molecule has 1 aliphatic heterocycles. The molecule has 1 N–H and O–H groups in total. The van der Waals surface area contributed by atoms with Crippen molar-refractivity contribution < 1.29 is 13.9 Å². The van der Waals surface area contributed by atoms with Crippen LogP contribution >= 0.6 is 0 Å². The summed E-state index contributed by atoms with van der Waals surface area (Å²) in [5, 5.41) is 2.94. The molecule has 0 radical (unpaired) electrons. The molecule has 3 aromatic heterocycles. The van der Waals surface area contributed by atoms with Crippen LogP contribution in [0.5, 0.6) is 5.88 Å². The highest BCUT2D eigenvalue weighted by Crippen LogP contribution is 2.28. The minimum atomic E-state index is -0.484. The second kappa shape index (κ2) is 9.28. The van der Waals surface area contributed by atoms with Gasteiger partial charge in [0.15, 0.2) is 5.65 Å². The molecule has 180 valence electrons. The molecule has 4 heterocycles. The van der Waals surface area contributed by atoms with E-state index in [-0.39, 0.29) is 35.5 Å². The van der Waals surface area contributed by atoms with Gasteiger partial charge in [0.1, 0.15) is 17.9 Å². The van der Waals surface area contributed by atoms with Crippen LogP contribution in [0.15, 0.2) is 53.7 Å². The number of hydrogen-bond donors (Lipinski definition) is 1. The molecule has 1 amide bonds. The summed E-state index contributed by atoms with van der Waals surface area (Å²) in [7, 11) is 0. The maximum Gasteiger partial charge on any atom is 0.276 e. The largest absolute Gasteiger partial charge is 0.473 e. The first-order valence-corrected chi connectivity index (χ1v) is 11.4. The number of likely N-dealkylation sites (tertiary alicyclic amines) is 1. The number of aromatic nitrogens is 5. The summed E-state index contributed by atoms with van der Waals surface area (Å²) in [5.74, 6) is -0.0103. The van der Waals surface area contributed by atoms with E-state index < -0.39 is 12.2 Å². The second-order valence-corrected chi connectivity index (χ2v) is 8.96. The number of halogens is 1. The van der Waals surface area contributed by atoms with Gasteiger partial charge in [-0.15, -0.1) is 0 Å². The van der Waals surface area contributed by atoms with Gasteiger partial charge in [-0.1, -0.05) is 38.1 Å². The number of aromatic amines is 1. The Kier molecular flexibility index (Phi) is 6.02. The number of ether oxygens (including phenoxy) is 1. The van der Waals surface area contributed by atoms with Crippen molar-refractivity contribution in [1.82, 2.24) is 29.5 Å². The Morgan fingerprint density at radius 1 is 1.23 bits per heavy atom. The zero-order valence-corrected chi connectivity index (χ0v) is 19.4. The highest BCUT2D eigenvalue weighted by atomic mass is 19.1. The average Bonchev–Trinajstić information content (AvgIpc) is 3.23. The number of fused-ring (bicyclic) bond motifs is 1. The van der Waals surface area contributed by atoms with Crippen molar-refractivity contribution >= 4 is 11.6 Å². The Hall–Kier alpha value is -4.08. The van der Waals surface area contributed by atoms with Crippen molar-refractivity contribution in [3.05, 3.63) is 76.0 Å². The number of carbonyl (C=O) groups excluding carboxylic acids is 1. The smallest absolute Gasteiger partial charge is 0.276 e. The highest BCUT2D eigenvalue weighted by molar-refractivity contribution is 6.05. The number of nitrogens with zero attached hydrogens (tertiary/aromatic N) is 5. The molecule has 1 aliphatic rings. The number of hydrogen-bond acceptors (Lipinski definition) is 6. The number of carbonyl (C=O) groups is 1. The average molecular weight is 477 g/mol. The van der Waals surface area contributed by atoms with E-state index in [2.05, 4.69) is 33.9 Å². The Morgan fingerprint density at radius 3 is 2.66 bits per heavy atom. The van der Waals surface area contributed by atoms with Crippen LogP contribution < -0.4 is 10.3 Å². The molecule has 0 aliphatic carbocycles. The predicted molar refractivity (Wildman–Crippen MR) is 127 cm³/mol. The van der Waals surface area contributed by atoms with Gasteiger partial charge in [-0.25, -0.2) is 0 Å². The van der Waals surface area contributed by atoms with Crippen molar-refractivity contribution in [3.63, 3.8) is 0 Å². The first-order valence-electron chi connectivity index (χ1n) is 11.4. The van der Waals surface area contributed by atoms with E-state index in [0.29, 0.717) is 30.4 Å². The third-order valence-electron chi connectivity index (χ3n) is 6.12. The molecule has 0 unspecified atom stereocenters. The first kappa shape index (κ1) is 22.7. The molecular formula is C25H25FN6O3. The van der Waals surface area contributed by atoms with Crippen LogP contribution in [0, 0.1) is 5.92 Å². The van der Waals surface area contributed by atoms with E-state index in [1.165, 1.54) is 39.6 Å². The Labute approximate surface area is 200 Å². The fourth-order valence-corrected chi connectivity index (χ4v) is 4.05. The Bertz CT molecular complexity index is 1410. The van der Waals surface area contributed by atoms with Crippen LogP contribution in [0.25, 0.3) is 17.0 Å². The molecule has 4 aromatic rings.